The summed E-state index contributed by atoms with van der Waals surface area (Å²) in [6.45, 7) is 1.60. The fourth-order valence-electron chi connectivity index (χ4n) is 1.59. The van der Waals surface area contributed by atoms with E-state index in [1.807, 2.05) is 0 Å². The molecule has 0 unspecified atom stereocenters. The van der Waals surface area contributed by atoms with Crippen LogP contribution in [0.25, 0.3) is 11.3 Å². The number of H-pyrrole nitrogens is 1. The fraction of sp³-hybridized carbons (Fsp3) is 0.100. The molecular weight excluding hydrogens is 240 g/mol. The summed E-state index contributed by atoms with van der Waals surface area (Å²) >= 11 is 0. The number of hydrogen-bond donors (Lipinski definition) is 1. The quantitative estimate of drug-likeness (QED) is 0.660. The van der Waals surface area contributed by atoms with Crippen molar-refractivity contribution < 1.29 is 9.85 Å². The van der Waals surface area contributed by atoms with E-state index in [1.54, 1.807) is 13.0 Å². The first kappa shape index (κ1) is 11.7. The Morgan fingerprint density at radius 3 is 2.44 bits per heavy atom. The van der Waals surface area contributed by atoms with E-state index in [4.69, 9.17) is 0 Å². The Hall–Kier alpha value is -2.77. The zero-order valence-electron chi connectivity index (χ0n) is 9.28. The minimum absolute atomic E-state index is 0.0867. The summed E-state index contributed by atoms with van der Waals surface area (Å²) in [5.41, 5.74) is 0.704. The molecule has 0 fully saturated rings. The second kappa shape index (κ2) is 4.24. The van der Waals surface area contributed by atoms with Crippen LogP contribution in [0.15, 0.2) is 24.4 Å². The van der Waals surface area contributed by atoms with Crippen molar-refractivity contribution in [3.05, 3.63) is 50.2 Å². The van der Waals surface area contributed by atoms with E-state index in [0.29, 0.717) is 11.1 Å². The standard InChI is InChI=1S/C10H8N4O4/c1-6-2-3-7(4-8(6)13(15)16)10-9(14(17)18)5-11-12-10/h2-5H,1H3,(H,11,12). The number of nitrogens with one attached hydrogen (secondary N) is 1. The van der Waals surface area contributed by atoms with Gasteiger partial charge in [0.15, 0.2) is 0 Å². The molecule has 0 aliphatic heterocycles. The lowest BCUT2D eigenvalue weighted by molar-refractivity contribution is -0.385. The van der Waals surface area contributed by atoms with E-state index in [-0.39, 0.29) is 17.1 Å². The maximum atomic E-state index is 10.8. The molecule has 2 aromatic rings. The van der Waals surface area contributed by atoms with E-state index >= 15 is 0 Å². The van der Waals surface area contributed by atoms with Crippen LogP contribution in [0.4, 0.5) is 11.4 Å². The summed E-state index contributed by atoms with van der Waals surface area (Å²) in [5, 5.41) is 27.6. The third kappa shape index (κ3) is 1.90. The van der Waals surface area contributed by atoms with E-state index in [1.165, 1.54) is 12.1 Å². The molecule has 92 valence electrons. The minimum Gasteiger partial charge on any atom is -0.271 e. The van der Waals surface area contributed by atoms with Crippen LogP contribution in [0.3, 0.4) is 0 Å². The first-order valence-electron chi connectivity index (χ1n) is 4.94. The molecule has 0 saturated carbocycles. The van der Waals surface area contributed by atoms with E-state index in [2.05, 4.69) is 10.2 Å². The zero-order chi connectivity index (χ0) is 13.3. The van der Waals surface area contributed by atoms with Gasteiger partial charge in [-0.15, -0.1) is 0 Å². The van der Waals surface area contributed by atoms with Crippen LogP contribution in [0.1, 0.15) is 5.56 Å². The smallest absolute Gasteiger partial charge is 0.271 e. The topological polar surface area (TPSA) is 115 Å². The Labute approximate surface area is 101 Å². The zero-order valence-corrected chi connectivity index (χ0v) is 9.28. The summed E-state index contributed by atoms with van der Waals surface area (Å²) < 4.78 is 0. The van der Waals surface area contributed by atoms with Crippen LogP contribution in [0.2, 0.25) is 0 Å². The summed E-state index contributed by atoms with van der Waals surface area (Å²) in [7, 11) is 0. The highest BCUT2D eigenvalue weighted by Crippen LogP contribution is 2.30. The molecule has 8 heteroatoms. The molecule has 0 atom stereocenters. The van der Waals surface area contributed by atoms with Crippen LogP contribution < -0.4 is 0 Å². The molecule has 0 saturated heterocycles. The molecule has 0 bridgehead atoms. The Morgan fingerprint density at radius 1 is 1.17 bits per heavy atom. The van der Waals surface area contributed by atoms with Crippen molar-refractivity contribution in [1.82, 2.24) is 10.2 Å². The highest BCUT2D eigenvalue weighted by atomic mass is 16.6. The summed E-state index contributed by atoms with van der Waals surface area (Å²) in [6.07, 6.45) is 1.07. The van der Waals surface area contributed by atoms with Crippen LogP contribution in [0, 0.1) is 27.2 Å². The van der Waals surface area contributed by atoms with Crippen molar-refractivity contribution >= 4 is 11.4 Å². The van der Waals surface area contributed by atoms with Gasteiger partial charge in [0.05, 0.1) is 9.85 Å². The second-order valence-electron chi connectivity index (χ2n) is 3.65. The molecule has 0 radical (unpaired) electrons. The predicted molar refractivity (Wildman–Crippen MR) is 62.1 cm³/mol. The van der Waals surface area contributed by atoms with Crippen molar-refractivity contribution in [3.8, 4) is 11.3 Å². The van der Waals surface area contributed by atoms with Gasteiger partial charge in [-0.1, -0.05) is 12.1 Å². The molecule has 1 aromatic carbocycles. The average Bonchev–Trinajstić information content (AvgIpc) is 2.78. The van der Waals surface area contributed by atoms with Crippen molar-refractivity contribution in [2.24, 2.45) is 0 Å². The highest BCUT2D eigenvalue weighted by molar-refractivity contribution is 5.71. The van der Waals surface area contributed by atoms with Gasteiger partial charge in [0, 0.05) is 17.2 Å². The van der Waals surface area contributed by atoms with Gasteiger partial charge in [-0.25, -0.2) is 0 Å². The maximum absolute atomic E-state index is 10.8. The normalized spacial score (nSPS) is 10.3. The lowest BCUT2D eigenvalue weighted by Crippen LogP contribution is -1.94. The Bertz CT molecular complexity index is 635. The van der Waals surface area contributed by atoms with Gasteiger partial charge in [-0.3, -0.25) is 25.3 Å². The second-order valence-corrected chi connectivity index (χ2v) is 3.65. The van der Waals surface area contributed by atoms with Crippen molar-refractivity contribution in [2.75, 3.05) is 0 Å². The number of aromatic amines is 1. The Balaban J connectivity index is 2.58. The number of nitro groups is 2. The van der Waals surface area contributed by atoms with Crippen molar-refractivity contribution in [3.63, 3.8) is 0 Å². The lowest BCUT2D eigenvalue weighted by atomic mass is 10.1. The van der Waals surface area contributed by atoms with Crippen LogP contribution in [-0.2, 0) is 0 Å². The molecular formula is C10H8N4O4. The first-order chi connectivity index (χ1) is 8.50. The number of benzene rings is 1. The number of nitro benzene ring substituents is 1. The molecule has 18 heavy (non-hydrogen) atoms. The minimum atomic E-state index is -0.593. The fourth-order valence-corrected chi connectivity index (χ4v) is 1.59. The van der Waals surface area contributed by atoms with E-state index < -0.39 is 9.85 Å². The monoisotopic (exact) mass is 248 g/mol. The molecule has 1 N–H and O–H groups in total. The Morgan fingerprint density at radius 2 is 1.83 bits per heavy atom. The van der Waals surface area contributed by atoms with Crippen LogP contribution in [0.5, 0.6) is 0 Å². The van der Waals surface area contributed by atoms with E-state index in [9.17, 15) is 20.2 Å². The molecule has 8 nitrogen and oxygen atoms in total. The van der Waals surface area contributed by atoms with E-state index in [0.717, 1.165) is 6.20 Å². The van der Waals surface area contributed by atoms with Crippen molar-refractivity contribution in [1.29, 1.82) is 0 Å². The maximum Gasteiger partial charge on any atom is 0.314 e. The number of aryl methyl sites for hydroxylation is 1. The largest absolute Gasteiger partial charge is 0.314 e. The van der Waals surface area contributed by atoms with Gasteiger partial charge >= 0.3 is 5.69 Å². The highest BCUT2D eigenvalue weighted by Gasteiger charge is 2.20. The number of hydrogen-bond acceptors (Lipinski definition) is 5. The SMILES string of the molecule is Cc1ccc(-c2[nH]ncc2[N+](=O)[O-])cc1[N+](=O)[O-]. The number of aromatic nitrogens is 2. The van der Waals surface area contributed by atoms with Crippen molar-refractivity contribution in [2.45, 2.75) is 6.92 Å². The molecule has 1 heterocycles. The summed E-state index contributed by atoms with van der Waals surface area (Å²) in [6, 6.07) is 4.40. The summed E-state index contributed by atoms with van der Waals surface area (Å²) in [5.74, 6) is 0. The summed E-state index contributed by atoms with van der Waals surface area (Å²) in [4.78, 5) is 20.4. The molecule has 1 aromatic heterocycles. The van der Waals surface area contributed by atoms with Gasteiger partial charge in [0.25, 0.3) is 5.69 Å². The van der Waals surface area contributed by atoms with Gasteiger partial charge in [0.2, 0.25) is 0 Å². The molecule has 0 amide bonds. The van der Waals surface area contributed by atoms with Gasteiger partial charge in [0.1, 0.15) is 11.9 Å². The molecule has 0 aliphatic carbocycles. The Kier molecular flexibility index (Phi) is 2.76. The van der Waals surface area contributed by atoms with Crippen LogP contribution in [-0.4, -0.2) is 20.0 Å². The first-order valence-corrected chi connectivity index (χ1v) is 4.94. The number of nitrogens with zero attached hydrogens (tertiary/aromatic N) is 3. The van der Waals surface area contributed by atoms with Gasteiger partial charge in [-0.05, 0) is 6.92 Å². The average molecular weight is 248 g/mol. The van der Waals surface area contributed by atoms with Gasteiger partial charge in [-0.2, -0.15) is 5.10 Å². The lowest BCUT2D eigenvalue weighted by Gasteiger charge is -2.00. The third-order valence-corrected chi connectivity index (χ3v) is 2.51. The van der Waals surface area contributed by atoms with Gasteiger partial charge < -0.3 is 0 Å². The predicted octanol–water partition coefficient (Wildman–Crippen LogP) is 2.20. The van der Waals surface area contributed by atoms with Crippen LogP contribution >= 0.6 is 0 Å². The molecule has 0 spiro atoms. The molecule has 2 rings (SSSR count). The third-order valence-electron chi connectivity index (χ3n) is 2.51. The number of rotatable bonds is 3. The molecule has 0 aliphatic rings.